The highest BCUT2D eigenvalue weighted by Crippen LogP contribution is 2.34. The Bertz CT molecular complexity index is 489. The van der Waals surface area contributed by atoms with Crippen molar-refractivity contribution < 1.29 is 14.5 Å². The molecular formula is C13H19N3O4. The molecular weight excluding hydrogens is 262 g/mol. The highest BCUT2D eigenvalue weighted by atomic mass is 16.6. The van der Waals surface area contributed by atoms with Crippen LogP contribution in [0.4, 0.5) is 11.4 Å². The molecule has 7 heteroatoms. The van der Waals surface area contributed by atoms with E-state index in [-0.39, 0.29) is 29.6 Å². The zero-order valence-electron chi connectivity index (χ0n) is 11.9. The van der Waals surface area contributed by atoms with Gasteiger partial charge in [0.25, 0.3) is 0 Å². The molecule has 1 N–H and O–H groups in total. The van der Waals surface area contributed by atoms with Crippen LogP contribution < -0.4 is 10.1 Å². The van der Waals surface area contributed by atoms with Crippen LogP contribution >= 0.6 is 0 Å². The molecule has 110 valence electrons. The average Bonchev–Trinajstić information content (AvgIpc) is 2.41. The molecule has 1 amide bonds. The molecule has 0 fully saturated rings. The summed E-state index contributed by atoms with van der Waals surface area (Å²) in [5.74, 6) is 0.0401. The summed E-state index contributed by atoms with van der Waals surface area (Å²) < 4.78 is 5.37. The number of anilines is 1. The summed E-state index contributed by atoms with van der Waals surface area (Å²) in [6.07, 6.45) is 0.758. The standard InChI is InChI=1S/C13H19N3O4/c1-4-8-20-11-7-5-6-10(13(11)16(18)19)14-9-12(17)15(2)3/h5-7,14H,4,8-9H2,1-3H3. The maximum absolute atomic E-state index is 11.5. The maximum Gasteiger partial charge on any atom is 0.333 e. The van der Waals surface area contributed by atoms with E-state index >= 15 is 0 Å². The predicted molar refractivity (Wildman–Crippen MR) is 76.1 cm³/mol. The second kappa shape index (κ2) is 7.32. The minimum atomic E-state index is -0.506. The van der Waals surface area contributed by atoms with Gasteiger partial charge < -0.3 is 15.0 Å². The smallest absolute Gasteiger partial charge is 0.333 e. The quantitative estimate of drug-likeness (QED) is 0.609. The van der Waals surface area contributed by atoms with Crippen molar-refractivity contribution in [1.29, 1.82) is 0 Å². The lowest BCUT2D eigenvalue weighted by Crippen LogP contribution is -2.28. The summed E-state index contributed by atoms with van der Waals surface area (Å²) in [7, 11) is 3.25. The van der Waals surface area contributed by atoms with Crippen LogP contribution in [0.25, 0.3) is 0 Å². The molecule has 0 atom stereocenters. The zero-order chi connectivity index (χ0) is 15.1. The van der Waals surface area contributed by atoms with Gasteiger partial charge in [-0.2, -0.15) is 0 Å². The van der Waals surface area contributed by atoms with Crippen LogP contribution in [0.3, 0.4) is 0 Å². The molecule has 20 heavy (non-hydrogen) atoms. The van der Waals surface area contributed by atoms with Gasteiger partial charge in [0.2, 0.25) is 5.91 Å². The van der Waals surface area contributed by atoms with Crippen molar-refractivity contribution in [3.63, 3.8) is 0 Å². The number of nitro groups is 1. The first kappa shape index (κ1) is 15.7. The summed E-state index contributed by atoms with van der Waals surface area (Å²) in [5.41, 5.74) is 0.131. The van der Waals surface area contributed by atoms with E-state index in [4.69, 9.17) is 4.74 Å². The summed E-state index contributed by atoms with van der Waals surface area (Å²) in [4.78, 5) is 23.6. The first-order valence-corrected chi connectivity index (χ1v) is 6.31. The normalized spacial score (nSPS) is 9.95. The van der Waals surface area contributed by atoms with Crippen LogP contribution in [0.2, 0.25) is 0 Å². The Morgan fingerprint density at radius 3 is 2.70 bits per heavy atom. The van der Waals surface area contributed by atoms with Crippen molar-refractivity contribution >= 4 is 17.3 Å². The number of nitrogens with zero attached hydrogens (tertiary/aromatic N) is 2. The Kier molecular flexibility index (Phi) is 5.76. The summed E-state index contributed by atoms with van der Waals surface area (Å²) in [5, 5.41) is 14.0. The fraction of sp³-hybridized carbons (Fsp3) is 0.462. The molecule has 0 aliphatic rings. The summed E-state index contributed by atoms with van der Waals surface area (Å²) in [6.45, 7) is 2.32. The molecule has 1 aromatic rings. The molecule has 0 bridgehead atoms. The summed E-state index contributed by atoms with van der Waals surface area (Å²) in [6, 6.07) is 4.76. The third-order valence-corrected chi connectivity index (χ3v) is 2.57. The van der Waals surface area contributed by atoms with Crippen molar-refractivity contribution in [2.45, 2.75) is 13.3 Å². The van der Waals surface area contributed by atoms with E-state index in [1.807, 2.05) is 6.92 Å². The molecule has 0 heterocycles. The average molecular weight is 281 g/mol. The number of hydrogen-bond acceptors (Lipinski definition) is 5. The Morgan fingerprint density at radius 2 is 2.15 bits per heavy atom. The Morgan fingerprint density at radius 1 is 1.45 bits per heavy atom. The monoisotopic (exact) mass is 281 g/mol. The van der Waals surface area contributed by atoms with E-state index in [0.29, 0.717) is 6.61 Å². The molecule has 0 spiro atoms. The number of nitro benzene ring substituents is 1. The van der Waals surface area contributed by atoms with Crippen LogP contribution in [0.15, 0.2) is 18.2 Å². The number of amides is 1. The lowest BCUT2D eigenvalue weighted by molar-refractivity contribution is -0.384. The van der Waals surface area contributed by atoms with E-state index in [9.17, 15) is 14.9 Å². The van der Waals surface area contributed by atoms with E-state index in [1.165, 1.54) is 4.90 Å². The van der Waals surface area contributed by atoms with Gasteiger partial charge in [-0.05, 0) is 18.6 Å². The van der Waals surface area contributed by atoms with E-state index in [2.05, 4.69) is 5.32 Å². The molecule has 0 saturated heterocycles. The van der Waals surface area contributed by atoms with E-state index in [0.717, 1.165) is 6.42 Å². The number of carbonyl (C=O) groups is 1. The minimum Gasteiger partial charge on any atom is -0.487 e. The fourth-order valence-electron chi connectivity index (χ4n) is 1.51. The van der Waals surface area contributed by atoms with Gasteiger partial charge in [-0.25, -0.2) is 0 Å². The highest BCUT2D eigenvalue weighted by molar-refractivity contribution is 5.82. The van der Waals surface area contributed by atoms with Crippen LogP contribution in [0.1, 0.15) is 13.3 Å². The lowest BCUT2D eigenvalue weighted by Gasteiger charge is -2.13. The van der Waals surface area contributed by atoms with Crippen LogP contribution in [0, 0.1) is 10.1 Å². The SMILES string of the molecule is CCCOc1cccc(NCC(=O)N(C)C)c1[N+](=O)[O-]. The predicted octanol–water partition coefficient (Wildman–Crippen LogP) is 1.88. The maximum atomic E-state index is 11.5. The van der Waals surface area contributed by atoms with Crippen molar-refractivity contribution in [2.24, 2.45) is 0 Å². The van der Waals surface area contributed by atoms with Gasteiger partial charge in [0, 0.05) is 14.1 Å². The van der Waals surface area contributed by atoms with Gasteiger partial charge in [-0.1, -0.05) is 13.0 Å². The van der Waals surface area contributed by atoms with Gasteiger partial charge >= 0.3 is 5.69 Å². The van der Waals surface area contributed by atoms with Crippen molar-refractivity contribution in [1.82, 2.24) is 4.90 Å². The van der Waals surface area contributed by atoms with Crippen molar-refractivity contribution in [2.75, 3.05) is 32.6 Å². The largest absolute Gasteiger partial charge is 0.487 e. The van der Waals surface area contributed by atoms with Gasteiger partial charge in [-0.3, -0.25) is 14.9 Å². The first-order chi connectivity index (χ1) is 9.47. The highest BCUT2D eigenvalue weighted by Gasteiger charge is 2.21. The lowest BCUT2D eigenvalue weighted by atomic mass is 10.2. The zero-order valence-corrected chi connectivity index (χ0v) is 11.9. The minimum absolute atomic E-state index is 0.00886. The molecule has 1 aromatic carbocycles. The van der Waals surface area contributed by atoms with Crippen molar-refractivity contribution in [3.8, 4) is 5.75 Å². The number of benzene rings is 1. The number of nitrogens with one attached hydrogen (secondary N) is 1. The molecule has 0 radical (unpaired) electrons. The molecule has 0 saturated carbocycles. The summed E-state index contributed by atoms with van der Waals surface area (Å²) >= 11 is 0. The molecule has 7 nitrogen and oxygen atoms in total. The number of para-hydroxylation sites is 1. The number of ether oxygens (including phenoxy) is 1. The Balaban J connectivity index is 2.94. The molecule has 0 aliphatic carbocycles. The van der Waals surface area contributed by atoms with Crippen LogP contribution in [-0.2, 0) is 4.79 Å². The van der Waals surface area contributed by atoms with Crippen LogP contribution in [-0.4, -0.2) is 43.0 Å². The van der Waals surface area contributed by atoms with Crippen LogP contribution in [0.5, 0.6) is 5.75 Å². The van der Waals surface area contributed by atoms with E-state index in [1.54, 1.807) is 32.3 Å². The Labute approximate surface area is 117 Å². The number of likely N-dealkylation sites (N-methyl/N-ethyl adjacent to an activating group) is 1. The number of rotatable bonds is 7. The third-order valence-electron chi connectivity index (χ3n) is 2.57. The van der Waals surface area contributed by atoms with Crippen molar-refractivity contribution in [3.05, 3.63) is 28.3 Å². The number of hydrogen-bond donors (Lipinski definition) is 1. The molecule has 0 aliphatic heterocycles. The van der Waals surface area contributed by atoms with E-state index < -0.39 is 4.92 Å². The second-order valence-electron chi connectivity index (χ2n) is 4.40. The third kappa shape index (κ3) is 4.11. The van der Waals surface area contributed by atoms with Gasteiger partial charge in [-0.15, -0.1) is 0 Å². The molecule has 0 aromatic heterocycles. The topological polar surface area (TPSA) is 84.7 Å². The first-order valence-electron chi connectivity index (χ1n) is 6.31. The fourth-order valence-corrected chi connectivity index (χ4v) is 1.51. The second-order valence-corrected chi connectivity index (χ2v) is 4.40. The molecule has 1 rings (SSSR count). The van der Waals surface area contributed by atoms with Gasteiger partial charge in [0.1, 0.15) is 5.69 Å². The Hall–Kier alpha value is -2.31. The number of carbonyl (C=O) groups excluding carboxylic acids is 1. The van der Waals surface area contributed by atoms with Gasteiger partial charge in [0.05, 0.1) is 18.1 Å². The van der Waals surface area contributed by atoms with Gasteiger partial charge in [0.15, 0.2) is 5.75 Å². The molecule has 0 unspecified atom stereocenters.